The second kappa shape index (κ2) is 12.9. The summed E-state index contributed by atoms with van der Waals surface area (Å²) >= 11 is 0. The summed E-state index contributed by atoms with van der Waals surface area (Å²) < 4.78 is 5.30. The number of nitrogens with one attached hydrogen (secondary N) is 2. The van der Waals surface area contributed by atoms with Gasteiger partial charge in [-0.2, -0.15) is 5.10 Å². The number of hydrogen-bond donors (Lipinski definition) is 4. The van der Waals surface area contributed by atoms with Crippen LogP contribution < -0.4 is 15.5 Å². The first-order valence-electron chi connectivity index (χ1n) is 10.3. The number of rotatable bonds is 12. The Morgan fingerprint density at radius 3 is 2.39 bits per heavy atom. The van der Waals surface area contributed by atoms with Crippen molar-refractivity contribution in [2.45, 2.75) is 45.4 Å². The molecule has 8 heteroatoms. The fourth-order valence-corrected chi connectivity index (χ4v) is 2.83. The van der Waals surface area contributed by atoms with E-state index < -0.39 is 0 Å². The molecule has 0 unspecified atom stereocenters. The van der Waals surface area contributed by atoms with Gasteiger partial charge in [0, 0.05) is 12.8 Å². The zero-order valence-corrected chi connectivity index (χ0v) is 17.6. The third-order valence-electron chi connectivity index (χ3n) is 4.42. The zero-order valence-electron chi connectivity index (χ0n) is 17.6. The standard InChI is InChI=1S/C23H29N3O5/c1-2-31-21-15-17(13-14-20(21)28)16-24-26-23(30)12-6-4-3-5-11-22(29)25-18-9-7-8-10-19(18)27/h7-10,13-16,27-28H,2-6,11-12H2,1H3,(H,25,29)(H,26,30)/b24-16+. The third kappa shape index (κ3) is 8.77. The van der Waals surface area contributed by atoms with Crippen LogP contribution in [-0.4, -0.2) is 34.8 Å². The summed E-state index contributed by atoms with van der Waals surface area (Å²) in [7, 11) is 0. The Kier molecular flexibility index (Phi) is 9.87. The van der Waals surface area contributed by atoms with Crippen molar-refractivity contribution in [3.63, 3.8) is 0 Å². The first-order valence-corrected chi connectivity index (χ1v) is 10.3. The lowest BCUT2D eigenvalue weighted by Gasteiger charge is -2.07. The van der Waals surface area contributed by atoms with Gasteiger partial charge in [0.05, 0.1) is 18.5 Å². The smallest absolute Gasteiger partial charge is 0.240 e. The van der Waals surface area contributed by atoms with E-state index in [1.54, 1.807) is 30.3 Å². The van der Waals surface area contributed by atoms with Crippen molar-refractivity contribution in [1.82, 2.24) is 5.43 Å². The minimum Gasteiger partial charge on any atom is -0.506 e. The summed E-state index contributed by atoms with van der Waals surface area (Å²) in [6.45, 7) is 2.26. The highest BCUT2D eigenvalue weighted by atomic mass is 16.5. The first kappa shape index (κ1) is 23.7. The lowest BCUT2D eigenvalue weighted by molar-refractivity contribution is -0.121. The predicted octanol–water partition coefficient (Wildman–Crippen LogP) is 3.93. The van der Waals surface area contributed by atoms with Crippen LogP contribution in [-0.2, 0) is 9.59 Å². The molecule has 0 radical (unpaired) electrons. The number of nitrogens with zero attached hydrogens (tertiary/aromatic N) is 1. The molecule has 166 valence electrons. The average molecular weight is 428 g/mol. The largest absolute Gasteiger partial charge is 0.506 e. The summed E-state index contributed by atoms with van der Waals surface area (Å²) in [5.41, 5.74) is 3.58. The lowest BCUT2D eigenvalue weighted by Crippen LogP contribution is -2.16. The Hall–Kier alpha value is -3.55. The molecule has 0 aromatic heterocycles. The zero-order chi connectivity index (χ0) is 22.5. The van der Waals surface area contributed by atoms with Crippen molar-refractivity contribution in [2.75, 3.05) is 11.9 Å². The molecule has 2 rings (SSSR count). The van der Waals surface area contributed by atoms with Crippen molar-refractivity contribution < 1.29 is 24.5 Å². The third-order valence-corrected chi connectivity index (χ3v) is 4.42. The van der Waals surface area contributed by atoms with E-state index in [0.29, 0.717) is 49.3 Å². The van der Waals surface area contributed by atoms with Gasteiger partial charge in [-0.15, -0.1) is 0 Å². The van der Waals surface area contributed by atoms with E-state index in [-0.39, 0.29) is 23.3 Å². The number of anilines is 1. The lowest BCUT2D eigenvalue weighted by atomic mass is 10.1. The van der Waals surface area contributed by atoms with E-state index in [1.165, 1.54) is 18.3 Å². The summed E-state index contributed by atoms with van der Waals surface area (Å²) in [6.07, 6.45) is 5.28. The molecule has 4 N–H and O–H groups in total. The maximum absolute atomic E-state index is 11.9. The van der Waals surface area contributed by atoms with Gasteiger partial charge in [-0.3, -0.25) is 9.59 Å². The van der Waals surface area contributed by atoms with Crippen LogP contribution in [0.25, 0.3) is 0 Å². The maximum Gasteiger partial charge on any atom is 0.240 e. The van der Waals surface area contributed by atoms with Crippen LogP contribution in [0.1, 0.15) is 51.0 Å². The van der Waals surface area contributed by atoms with Gasteiger partial charge in [0.2, 0.25) is 11.8 Å². The summed E-state index contributed by atoms with van der Waals surface area (Å²) in [4.78, 5) is 23.7. The Morgan fingerprint density at radius 1 is 0.968 bits per heavy atom. The van der Waals surface area contributed by atoms with Crippen molar-refractivity contribution in [3.8, 4) is 17.2 Å². The maximum atomic E-state index is 11.9. The normalized spacial score (nSPS) is 10.7. The summed E-state index contributed by atoms with van der Waals surface area (Å²) in [6, 6.07) is 11.4. The molecule has 8 nitrogen and oxygen atoms in total. The van der Waals surface area contributed by atoms with E-state index in [1.807, 2.05) is 6.92 Å². The van der Waals surface area contributed by atoms with E-state index in [0.717, 1.165) is 12.8 Å². The highest BCUT2D eigenvalue weighted by molar-refractivity contribution is 5.92. The van der Waals surface area contributed by atoms with E-state index in [9.17, 15) is 19.8 Å². The van der Waals surface area contributed by atoms with Gasteiger partial charge in [0.25, 0.3) is 0 Å². The molecule has 2 aromatic rings. The number of amides is 2. The van der Waals surface area contributed by atoms with E-state index >= 15 is 0 Å². The fourth-order valence-electron chi connectivity index (χ4n) is 2.83. The summed E-state index contributed by atoms with van der Waals surface area (Å²) in [5.74, 6) is 0.142. The van der Waals surface area contributed by atoms with Crippen LogP contribution in [0, 0.1) is 0 Å². The number of carbonyl (C=O) groups excluding carboxylic acids is 2. The van der Waals surface area contributed by atoms with Crippen LogP contribution in [0.3, 0.4) is 0 Å². The number of benzene rings is 2. The number of hydrazone groups is 1. The number of ether oxygens (including phenoxy) is 1. The Bertz CT molecular complexity index is 899. The van der Waals surface area contributed by atoms with Gasteiger partial charge >= 0.3 is 0 Å². The molecular formula is C23H29N3O5. The molecule has 0 saturated heterocycles. The predicted molar refractivity (Wildman–Crippen MR) is 119 cm³/mol. The van der Waals surface area contributed by atoms with E-state index in [2.05, 4.69) is 15.8 Å². The molecule has 0 bridgehead atoms. The molecule has 0 heterocycles. The van der Waals surface area contributed by atoms with Crippen LogP contribution in [0.4, 0.5) is 5.69 Å². The highest BCUT2D eigenvalue weighted by Crippen LogP contribution is 2.26. The van der Waals surface area contributed by atoms with Crippen molar-refractivity contribution >= 4 is 23.7 Å². The highest BCUT2D eigenvalue weighted by Gasteiger charge is 2.06. The molecule has 0 aliphatic heterocycles. The Labute approximate surface area is 181 Å². The molecule has 0 atom stereocenters. The van der Waals surface area contributed by atoms with Gasteiger partial charge in [-0.1, -0.05) is 25.0 Å². The molecule has 31 heavy (non-hydrogen) atoms. The Balaban J connectivity index is 1.58. The van der Waals surface area contributed by atoms with Gasteiger partial charge < -0.3 is 20.3 Å². The number of unbranched alkanes of at least 4 members (excludes halogenated alkanes) is 3. The monoisotopic (exact) mass is 427 g/mol. The van der Waals surface area contributed by atoms with Gasteiger partial charge in [0.15, 0.2) is 11.5 Å². The van der Waals surface area contributed by atoms with Crippen LogP contribution in [0.2, 0.25) is 0 Å². The molecule has 2 amide bonds. The number of phenolic OH excluding ortho intramolecular Hbond substituents is 2. The van der Waals surface area contributed by atoms with Gasteiger partial charge in [-0.25, -0.2) is 5.43 Å². The quantitative estimate of drug-likeness (QED) is 0.177. The second-order valence-corrected chi connectivity index (χ2v) is 6.93. The van der Waals surface area contributed by atoms with E-state index in [4.69, 9.17) is 4.74 Å². The molecule has 0 fully saturated rings. The number of carbonyl (C=O) groups is 2. The molecule has 0 aliphatic rings. The number of aromatic hydroxyl groups is 2. The van der Waals surface area contributed by atoms with Crippen LogP contribution in [0.5, 0.6) is 17.2 Å². The average Bonchev–Trinajstić information content (AvgIpc) is 2.74. The minimum absolute atomic E-state index is 0.0460. The van der Waals surface area contributed by atoms with Crippen LogP contribution >= 0.6 is 0 Å². The first-order chi connectivity index (χ1) is 15.0. The van der Waals surface area contributed by atoms with Crippen molar-refractivity contribution in [1.29, 1.82) is 0 Å². The molecule has 2 aromatic carbocycles. The minimum atomic E-state index is -0.183. The SMILES string of the molecule is CCOc1cc(/C=N/NC(=O)CCCCCCC(=O)Nc2ccccc2O)ccc1O. The Morgan fingerprint density at radius 2 is 1.68 bits per heavy atom. The second-order valence-electron chi connectivity index (χ2n) is 6.93. The molecule has 0 saturated carbocycles. The van der Waals surface area contributed by atoms with Gasteiger partial charge in [0.1, 0.15) is 5.75 Å². The molecular weight excluding hydrogens is 398 g/mol. The number of phenols is 2. The number of hydrogen-bond acceptors (Lipinski definition) is 6. The molecule has 0 spiro atoms. The van der Waals surface area contributed by atoms with Crippen LogP contribution in [0.15, 0.2) is 47.6 Å². The fraction of sp³-hybridized carbons (Fsp3) is 0.348. The number of para-hydroxylation sites is 2. The van der Waals surface area contributed by atoms with Gasteiger partial charge in [-0.05, 0) is 55.7 Å². The topological polar surface area (TPSA) is 120 Å². The molecule has 0 aliphatic carbocycles. The summed E-state index contributed by atoms with van der Waals surface area (Å²) in [5, 5.41) is 25.9. The van der Waals surface area contributed by atoms with Crippen molar-refractivity contribution in [2.24, 2.45) is 5.10 Å². The van der Waals surface area contributed by atoms with Crippen molar-refractivity contribution in [3.05, 3.63) is 48.0 Å².